The molecule has 1 nitrogen and oxygen atoms in total. The second kappa shape index (κ2) is 5.58. The monoisotopic (exact) mass is 344 g/mol. The van der Waals surface area contributed by atoms with E-state index in [1.807, 2.05) is 43.3 Å². The molecule has 0 bridgehead atoms. The molecule has 0 spiro atoms. The Labute approximate surface area is 131 Å². The van der Waals surface area contributed by atoms with E-state index in [1.165, 1.54) is 6.07 Å². The fourth-order valence-electron chi connectivity index (χ4n) is 2.60. The third-order valence-electron chi connectivity index (χ3n) is 3.72. The van der Waals surface area contributed by atoms with Crippen molar-refractivity contribution in [2.45, 2.75) is 13.0 Å². The number of fused-ring (bicyclic) bond motifs is 1. The van der Waals surface area contributed by atoms with Crippen LogP contribution in [0.4, 0.5) is 4.39 Å². The van der Waals surface area contributed by atoms with Crippen LogP contribution >= 0.6 is 15.9 Å². The third kappa shape index (κ3) is 2.59. The van der Waals surface area contributed by atoms with Crippen molar-refractivity contribution in [1.82, 2.24) is 0 Å². The van der Waals surface area contributed by atoms with Crippen molar-refractivity contribution in [3.8, 4) is 0 Å². The van der Waals surface area contributed by atoms with E-state index in [0.29, 0.717) is 5.56 Å². The van der Waals surface area contributed by atoms with Gasteiger partial charge in [-0.05, 0) is 47.0 Å². The van der Waals surface area contributed by atoms with E-state index >= 15 is 0 Å². The average Bonchev–Trinajstić information content (AvgIpc) is 2.50. The van der Waals surface area contributed by atoms with Crippen LogP contribution in [0.3, 0.4) is 0 Å². The predicted octanol–water partition coefficient (Wildman–Crippen LogP) is 5.13. The van der Waals surface area contributed by atoms with Crippen LogP contribution < -0.4 is 0 Å². The minimum Gasteiger partial charge on any atom is -0.384 e. The second-order valence-corrected chi connectivity index (χ2v) is 6.00. The standard InChI is InChI=1S/C18H14BrFO/c1-11-6-8-15(14-5-3-2-4-13(11)14)18(21)16-10-12(19)7-9-17(16)20/h2-10,18,21H,1H3. The Balaban J connectivity index is 2.20. The van der Waals surface area contributed by atoms with Crippen molar-refractivity contribution in [3.05, 3.63) is 81.6 Å². The highest BCUT2D eigenvalue weighted by Crippen LogP contribution is 2.32. The molecule has 0 aliphatic carbocycles. The van der Waals surface area contributed by atoms with Gasteiger partial charge in [-0.3, -0.25) is 0 Å². The first kappa shape index (κ1) is 14.2. The molecule has 0 heterocycles. The second-order valence-electron chi connectivity index (χ2n) is 5.09. The van der Waals surface area contributed by atoms with E-state index < -0.39 is 11.9 Å². The van der Waals surface area contributed by atoms with Crippen molar-refractivity contribution in [2.75, 3.05) is 0 Å². The maximum Gasteiger partial charge on any atom is 0.129 e. The summed E-state index contributed by atoms with van der Waals surface area (Å²) in [6, 6.07) is 16.3. The van der Waals surface area contributed by atoms with Crippen molar-refractivity contribution < 1.29 is 9.50 Å². The topological polar surface area (TPSA) is 20.2 Å². The van der Waals surface area contributed by atoms with Gasteiger partial charge in [0.1, 0.15) is 11.9 Å². The van der Waals surface area contributed by atoms with Crippen LogP contribution in [0, 0.1) is 12.7 Å². The molecule has 0 amide bonds. The minimum absolute atomic E-state index is 0.276. The molecule has 1 N–H and O–H groups in total. The van der Waals surface area contributed by atoms with E-state index in [4.69, 9.17) is 0 Å². The maximum absolute atomic E-state index is 14.0. The van der Waals surface area contributed by atoms with Gasteiger partial charge in [-0.25, -0.2) is 4.39 Å². The number of aliphatic hydroxyl groups excluding tert-OH is 1. The first-order valence-corrected chi connectivity index (χ1v) is 7.48. The largest absolute Gasteiger partial charge is 0.384 e. The third-order valence-corrected chi connectivity index (χ3v) is 4.22. The van der Waals surface area contributed by atoms with E-state index in [1.54, 1.807) is 12.1 Å². The number of benzene rings is 3. The van der Waals surface area contributed by atoms with Gasteiger partial charge >= 0.3 is 0 Å². The van der Waals surface area contributed by atoms with Crippen LogP contribution in [0.2, 0.25) is 0 Å². The quantitative estimate of drug-likeness (QED) is 0.683. The van der Waals surface area contributed by atoms with Crippen LogP contribution in [0.1, 0.15) is 22.8 Å². The summed E-state index contributed by atoms with van der Waals surface area (Å²) in [7, 11) is 0. The Kier molecular flexibility index (Phi) is 3.79. The van der Waals surface area contributed by atoms with Gasteiger partial charge in [0.25, 0.3) is 0 Å². The SMILES string of the molecule is Cc1ccc(C(O)c2cc(Br)ccc2F)c2ccccc12. The molecular weight excluding hydrogens is 331 g/mol. The normalized spacial score (nSPS) is 12.6. The molecule has 0 aromatic heterocycles. The highest BCUT2D eigenvalue weighted by molar-refractivity contribution is 9.10. The van der Waals surface area contributed by atoms with Crippen LogP contribution in [0.5, 0.6) is 0 Å². The van der Waals surface area contributed by atoms with Gasteiger partial charge in [0.2, 0.25) is 0 Å². The molecule has 106 valence electrons. The van der Waals surface area contributed by atoms with E-state index in [0.717, 1.165) is 20.8 Å². The van der Waals surface area contributed by atoms with E-state index in [9.17, 15) is 9.50 Å². The number of aliphatic hydroxyl groups is 1. The van der Waals surface area contributed by atoms with Crippen LogP contribution in [-0.4, -0.2) is 5.11 Å². The van der Waals surface area contributed by atoms with Crippen molar-refractivity contribution in [3.63, 3.8) is 0 Å². The first-order valence-electron chi connectivity index (χ1n) is 6.69. The lowest BCUT2D eigenvalue weighted by molar-refractivity contribution is 0.216. The summed E-state index contributed by atoms with van der Waals surface area (Å²) in [4.78, 5) is 0. The van der Waals surface area contributed by atoms with E-state index in [2.05, 4.69) is 15.9 Å². The highest BCUT2D eigenvalue weighted by Gasteiger charge is 2.18. The molecule has 3 rings (SSSR count). The van der Waals surface area contributed by atoms with Gasteiger partial charge in [0.15, 0.2) is 0 Å². The molecular formula is C18H14BrFO. The lowest BCUT2D eigenvalue weighted by atomic mass is 9.93. The Morgan fingerprint density at radius 3 is 2.43 bits per heavy atom. The molecule has 1 unspecified atom stereocenters. The van der Waals surface area contributed by atoms with Crippen molar-refractivity contribution in [2.24, 2.45) is 0 Å². The zero-order valence-electron chi connectivity index (χ0n) is 11.5. The van der Waals surface area contributed by atoms with E-state index in [-0.39, 0.29) is 5.56 Å². The Morgan fingerprint density at radius 2 is 1.67 bits per heavy atom. The molecule has 1 atom stereocenters. The fourth-order valence-corrected chi connectivity index (χ4v) is 2.98. The molecule has 3 heteroatoms. The summed E-state index contributed by atoms with van der Waals surface area (Å²) in [5.41, 5.74) is 2.13. The smallest absolute Gasteiger partial charge is 0.129 e. The molecule has 0 aliphatic heterocycles. The van der Waals surface area contributed by atoms with Gasteiger partial charge < -0.3 is 5.11 Å². The molecule has 3 aromatic carbocycles. The van der Waals surface area contributed by atoms with Gasteiger partial charge in [0, 0.05) is 10.0 Å². The Hall–Kier alpha value is -1.71. The number of hydrogen-bond acceptors (Lipinski definition) is 1. The van der Waals surface area contributed by atoms with Gasteiger partial charge in [-0.1, -0.05) is 52.3 Å². The van der Waals surface area contributed by atoms with Gasteiger partial charge in [0.05, 0.1) is 0 Å². The Morgan fingerprint density at radius 1 is 0.952 bits per heavy atom. The summed E-state index contributed by atoms with van der Waals surface area (Å²) >= 11 is 3.32. The Bertz CT molecular complexity index is 813. The van der Waals surface area contributed by atoms with Crippen molar-refractivity contribution >= 4 is 26.7 Å². The minimum atomic E-state index is -0.993. The summed E-state index contributed by atoms with van der Waals surface area (Å²) in [5, 5.41) is 12.6. The molecule has 0 aliphatic rings. The average molecular weight is 345 g/mol. The fraction of sp³-hybridized carbons (Fsp3) is 0.111. The molecule has 0 saturated carbocycles. The lowest BCUT2D eigenvalue weighted by Gasteiger charge is -2.16. The zero-order valence-corrected chi connectivity index (χ0v) is 13.1. The zero-order chi connectivity index (χ0) is 15.0. The molecule has 0 saturated heterocycles. The highest BCUT2D eigenvalue weighted by atomic mass is 79.9. The maximum atomic E-state index is 14.0. The molecule has 21 heavy (non-hydrogen) atoms. The summed E-state index contributed by atoms with van der Waals surface area (Å²) < 4.78 is 14.7. The summed E-state index contributed by atoms with van der Waals surface area (Å²) in [6.07, 6.45) is -0.993. The molecule has 0 radical (unpaired) electrons. The van der Waals surface area contributed by atoms with Crippen LogP contribution in [0.15, 0.2) is 59.1 Å². The van der Waals surface area contributed by atoms with Gasteiger partial charge in [-0.15, -0.1) is 0 Å². The van der Waals surface area contributed by atoms with Crippen LogP contribution in [0.25, 0.3) is 10.8 Å². The summed E-state index contributed by atoms with van der Waals surface area (Å²) in [6.45, 7) is 2.03. The number of halogens is 2. The molecule has 0 fully saturated rings. The number of rotatable bonds is 2. The lowest BCUT2D eigenvalue weighted by Crippen LogP contribution is -2.04. The number of hydrogen-bond donors (Lipinski definition) is 1. The number of aryl methyl sites for hydroxylation is 1. The summed E-state index contributed by atoms with van der Waals surface area (Å²) in [5.74, 6) is -0.407. The van der Waals surface area contributed by atoms with Crippen molar-refractivity contribution in [1.29, 1.82) is 0 Å². The molecule has 3 aromatic rings. The van der Waals surface area contributed by atoms with Gasteiger partial charge in [-0.2, -0.15) is 0 Å². The first-order chi connectivity index (χ1) is 10.1. The predicted molar refractivity (Wildman–Crippen MR) is 86.8 cm³/mol. The van der Waals surface area contributed by atoms with Crippen LogP contribution in [-0.2, 0) is 0 Å².